The van der Waals surface area contributed by atoms with Crippen LogP contribution >= 0.6 is 0 Å². The van der Waals surface area contributed by atoms with E-state index in [1.54, 1.807) is 36.4 Å². The number of halogens is 2. The number of carbonyl (C=O) groups excluding carboxylic acids is 2. The molecule has 2 aromatic carbocycles. The van der Waals surface area contributed by atoms with E-state index in [0.717, 1.165) is 43.2 Å². The first-order valence-electron chi connectivity index (χ1n) is 10.5. The van der Waals surface area contributed by atoms with Crippen LogP contribution in [0.3, 0.4) is 0 Å². The molecule has 2 rings (SSSR count). The fraction of sp³-hybridized carbons (Fsp3) is 0.280. The maximum Gasteiger partial charge on any atom is 0.243 e. The molecule has 0 saturated carbocycles. The summed E-state index contributed by atoms with van der Waals surface area (Å²) >= 11 is 0. The van der Waals surface area contributed by atoms with Crippen molar-refractivity contribution in [2.45, 2.75) is 32.1 Å². The minimum atomic E-state index is -0.303. The molecule has 31 heavy (non-hydrogen) atoms. The first-order chi connectivity index (χ1) is 15.0. The number of amides is 2. The standard InChI is InChI=1S/C25H28F2N2O2/c26-22-12-6-20(7-13-22)10-16-24(30)28-18-4-2-1-3-5-19-29-25(31)17-11-21-8-14-23(27)15-9-21/h6-17H,1-5,18-19H2,(H,28,30)(H,29,31)/b16-10+,17-11+. The average molecular weight is 427 g/mol. The molecule has 0 atom stereocenters. The van der Waals surface area contributed by atoms with E-state index in [4.69, 9.17) is 0 Å². The van der Waals surface area contributed by atoms with Crippen LogP contribution in [-0.4, -0.2) is 24.9 Å². The second-order valence-electron chi connectivity index (χ2n) is 7.12. The molecule has 0 spiro atoms. The Labute approximate surface area is 182 Å². The van der Waals surface area contributed by atoms with Crippen LogP contribution < -0.4 is 10.6 Å². The number of nitrogens with one attached hydrogen (secondary N) is 2. The highest BCUT2D eigenvalue weighted by molar-refractivity contribution is 5.92. The summed E-state index contributed by atoms with van der Waals surface area (Å²) in [7, 11) is 0. The van der Waals surface area contributed by atoms with Gasteiger partial charge in [-0.25, -0.2) is 8.78 Å². The fourth-order valence-electron chi connectivity index (χ4n) is 2.81. The molecule has 0 aliphatic carbocycles. The van der Waals surface area contributed by atoms with Gasteiger partial charge in [-0.15, -0.1) is 0 Å². The summed E-state index contributed by atoms with van der Waals surface area (Å²) in [6.45, 7) is 1.22. The zero-order chi connectivity index (χ0) is 22.3. The zero-order valence-corrected chi connectivity index (χ0v) is 17.5. The van der Waals surface area contributed by atoms with E-state index in [-0.39, 0.29) is 23.4 Å². The van der Waals surface area contributed by atoms with Gasteiger partial charge < -0.3 is 10.6 Å². The number of hydrogen-bond acceptors (Lipinski definition) is 2. The van der Waals surface area contributed by atoms with E-state index in [9.17, 15) is 18.4 Å². The molecule has 0 saturated heterocycles. The Morgan fingerprint density at radius 2 is 0.968 bits per heavy atom. The van der Waals surface area contributed by atoms with Crippen LogP contribution in [-0.2, 0) is 9.59 Å². The van der Waals surface area contributed by atoms with Crippen molar-refractivity contribution in [2.24, 2.45) is 0 Å². The number of benzene rings is 2. The highest BCUT2D eigenvalue weighted by Crippen LogP contribution is 2.06. The SMILES string of the molecule is O=C(/C=C/c1ccc(F)cc1)NCCCCCCCNC(=O)/C=C/c1ccc(F)cc1. The Morgan fingerprint density at radius 3 is 1.35 bits per heavy atom. The summed E-state index contributed by atoms with van der Waals surface area (Å²) < 4.78 is 25.6. The molecule has 2 aromatic rings. The zero-order valence-electron chi connectivity index (χ0n) is 17.5. The molecule has 2 amide bonds. The third-order valence-corrected chi connectivity index (χ3v) is 4.55. The van der Waals surface area contributed by atoms with Crippen molar-refractivity contribution in [2.75, 3.05) is 13.1 Å². The second-order valence-corrected chi connectivity index (χ2v) is 7.12. The number of hydrogen-bond donors (Lipinski definition) is 2. The number of unbranched alkanes of at least 4 members (excludes halogenated alkanes) is 4. The van der Waals surface area contributed by atoms with Gasteiger partial charge >= 0.3 is 0 Å². The van der Waals surface area contributed by atoms with Gasteiger partial charge in [0.05, 0.1) is 0 Å². The molecule has 0 aliphatic rings. The molecule has 2 N–H and O–H groups in total. The van der Waals surface area contributed by atoms with Crippen molar-refractivity contribution in [3.8, 4) is 0 Å². The Hall–Kier alpha value is -3.28. The van der Waals surface area contributed by atoms with Crippen molar-refractivity contribution in [3.05, 3.63) is 83.4 Å². The molecule has 0 fully saturated rings. The molecular weight excluding hydrogens is 398 g/mol. The summed E-state index contributed by atoms with van der Waals surface area (Å²) in [4.78, 5) is 23.5. The van der Waals surface area contributed by atoms with Gasteiger partial charge in [-0.05, 0) is 60.4 Å². The first-order valence-corrected chi connectivity index (χ1v) is 10.5. The summed E-state index contributed by atoms with van der Waals surface area (Å²) in [5.41, 5.74) is 1.55. The third kappa shape index (κ3) is 10.9. The van der Waals surface area contributed by atoms with E-state index in [1.165, 1.54) is 36.4 Å². The van der Waals surface area contributed by atoms with E-state index in [2.05, 4.69) is 10.6 Å². The normalized spacial score (nSPS) is 11.2. The quantitative estimate of drug-likeness (QED) is 0.376. The van der Waals surface area contributed by atoms with Gasteiger partial charge in [0.2, 0.25) is 11.8 Å². The second kappa shape index (κ2) is 13.9. The first kappa shape index (κ1) is 24.0. The summed E-state index contributed by atoms with van der Waals surface area (Å²) in [6.07, 6.45) is 11.0. The lowest BCUT2D eigenvalue weighted by molar-refractivity contribution is -0.117. The van der Waals surface area contributed by atoms with E-state index in [0.29, 0.717) is 13.1 Å². The molecule has 164 valence electrons. The van der Waals surface area contributed by atoms with Crippen LogP contribution in [0.4, 0.5) is 8.78 Å². The van der Waals surface area contributed by atoms with Crippen LogP contribution in [0.2, 0.25) is 0 Å². The van der Waals surface area contributed by atoms with E-state index < -0.39 is 0 Å². The smallest absolute Gasteiger partial charge is 0.243 e. The Balaban J connectivity index is 1.45. The van der Waals surface area contributed by atoms with Crippen LogP contribution in [0, 0.1) is 11.6 Å². The van der Waals surface area contributed by atoms with Crippen molar-refractivity contribution in [3.63, 3.8) is 0 Å². The molecule has 4 nitrogen and oxygen atoms in total. The van der Waals surface area contributed by atoms with Crippen molar-refractivity contribution in [1.82, 2.24) is 10.6 Å². The van der Waals surface area contributed by atoms with Gasteiger partial charge in [0.1, 0.15) is 11.6 Å². The third-order valence-electron chi connectivity index (χ3n) is 4.55. The molecular formula is C25H28F2N2O2. The van der Waals surface area contributed by atoms with Crippen LogP contribution in [0.15, 0.2) is 60.7 Å². The van der Waals surface area contributed by atoms with Gasteiger partial charge in [0.15, 0.2) is 0 Å². The topological polar surface area (TPSA) is 58.2 Å². The lowest BCUT2D eigenvalue weighted by Gasteiger charge is -2.04. The molecule has 0 unspecified atom stereocenters. The highest BCUT2D eigenvalue weighted by atomic mass is 19.1. The lowest BCUT2D eigenvalue weighted by Crippen LogP contribution is -2.22. The monoisotopic (exact) mass is 426 g/mol. The predicted octanol–water partition coefficient (Wildman–Crippen LogP) is 4.87. The fourth-order valence-corrected chi connectivity index (χ4v) is 2.81. The molecule has 6 heteroatoms. The Morgan fingerprint density at radius 1 is 0.613 bits per heavy atom. The van der Waals surface area contributed by atoms with Gasteiger partial charge in [0.25, 0.3) is 0 Å². The highest BCUT2D eigenvalue weighted by Gasteiger charge is 1.98. The van der Waals surface area contributed by atoms with E-state index >= 15 is 0 Å². The van der Waals surface area contributed by atoms with Crippen molar-refractivity contribution in [1.29, 1.82) is 0 Å². The van der Waals surface area contributed by atoms with Gasteiger partial charge in [0, 0.05) is 25.2 Å². The van der Waals surface area contributed by atoms with Crippen LogP contribution in [0.5, 0.6) is 0 Å². The Bertz CT molecular complexity index is 802. The molecule has 0 aliphatic heterocycles. The predicted molar refractivity (Wildman–Crippen MR) is 120 cm³/mol. The average Bonchev–Trinajstić information content (AvgIpc) is 2.77. The van der Waals surface area contributed by atoms with Crippen LogP contribution in [0.25, 0.3) is 12.2 Å². The summed E-state index contributed by atoms with van der Waals surface area (Å²) in [5.74, 6) is -0.938. The molecule has 0 bridgehead atoms. The van der Waals surface area contributed by atoms with Crippen molar-refractivity contribution >= 4 is 24.0 Å². The lowest BCUT2D eigenvalue weighted by atomic mass is 10.1. The van der Waals surface area contributed by atoms with Gasteiger partial charge in [-0.1, -0.05) is 43.5 Å². The maximum absolute atomic E-state index is 12.8. The largest absolute Gasteiger partial charge is 0.353 e. The minimum absolute atomic E-state index is 0.166. The Kier molecular flexibility index (Phi) is 10.7. The van der Waals surface area contributed by atoms with E-state index in [1.807, 2.05) is 0 Å². The summed E-state index contributed by atoms with van der Waals surface area (Å²) in [5, 5.41) is 5.65. The summed E-state index contributed by atoms with van der Waals surface area (Å²) in [6, 6.07) is 11.9. The van der Waals surface area contributed by atoms with Crippen LogP contribution in [0.1, 0.15) is 43.2 Å². The van der Waals surface area contributed by atoms with Crippen molar-refractivity contribution < 1.29 is 18.4 Å². The molecule has 0 radical (unpaired) electrons. The van der Waals surface area contributed by atoms with Gasteiger partial charge in [-0.2, -0.15) is 0 Å². The van der Waals surface area contributed by atoms with Gasteiger partial charge in [-0.3, -0.25) is 9.59 Å². The molecule has 0 aromatic heterocycles. The maximum atomic E-state index is 12.8. The number of rotatable bonds is 12. The molecule has 0 heterocycles. The number of carbonyl (C=O) groups is 2. The minimum Gasteiger partial charge on any atom is -0.353 e.